The molecule has 10 aliphatic rings. The minimum Gasteiger partial charge on any atom is -0.456 e. The molecule has 8 fully saturated rings. The first kappa shape index (κ1) is 73.2. The van der Waals surface area contributed by atoms with E-state index >= 15 is 0 Å². The Bertz CT molecular complexity index is 9120. The Morgan fingerprint density at radius 3 is 1.22 bits per heavy atom. The number of benzene rings is 18. The molecule has 5 nitrogen and oxygen atoms in total. The smallest absolute Gasteiger partial charge is 0.136 e. The van der Waals surface area contributed by atoms with E-state index in [1.165, 1.54) is 255 Å². The van der Waals surface area contributed by atoms with Crippen LogP contribution in [0.3, 0.4) is 0 Å². The highest BCUT2D eigenvalue weighted by atomic mass is 32.1. The lowest BCUT2D eigenvalue weighted by Gasteiger charge is -2.61. The molecule has 132 heavy (non-hydrogen) atoms. The van der Waals surface area contributed by atoms with Crippen molar-refractivity contribution in [3.8, 4) is 78.4 Å². The summed E-state index contributed by atoms with van der Waals surface area (Å²) in [7, 11) is 0. The van der Waals surface area contributed by atoms with E-state index in [0.29, 0.717) is 0 Å². The van der Waals surface area contributed by atoms with Gasteiger partial charge in [0.2, 0.25) is 0 Å². The minimum atomic E-state index is 0.150. The largest absolute Gasteiger partial charge is 0.456 e. The van der Waals surface area contributed by atoms with Gasteiger partial charge >= 0.3 is 0 Å². The van der Waals surface area contributed by atoms with E-state index in [-0.39, 0.29) is 10.8 Å². The zero-order chi connectivity index (χ0) is 85.7. The van der Waals surface area contributed by atoms with Gasteiger partial charge in [0, 0.05) is 102 Å². The first-order chi connectivity index (χ1) is 65.3. The summed E-state index contributed by atoms with van der Waals surface area (Å²) in [5.41, 5.74) is 36.6. The number of furan rings is 1. The van der Waals surface area contributed by atoms with E-state index in [2.05, 4.69) is 394 Å². The summed E-state index contributed by atoms with van der Waals surface area (Å²) in [4.78, 5) is 0. The van der Waals surface area contributed by atoms with Crippen LogP contribution >= 0.6 is 11.3 Å². The van der Waals surface area contributed by atoms with Crippen molar-refractivity contribution in [1.29, 1.82) is 0 Å². The molecule has 10 aliphatic carbocycles. The molecular formula is C126H90N4OS. The van der Waals surface area contributed by atoms with Gasteiger partial charge in [0.05, 0.1) is 55.5 Å². The van der Waals surface area contributed by atoms with Crippen LogP contribution in [0.5, 0.6) is 0 Å². The highest BCUT2D eigenvalue weighted by Crippen LogP contribution is 2.72. The average Bonchev–Trinajstić information content (AvgIpc) is 1.49. The number of para-hydroxylation sites is 4. The summed E-state index contributed by atoms with van der Waals surface area (Å²) in [5, 5.41) is 17.6. The molecule has 2 spiro atoms. The highest BCUT2D eigenvalue weighted by molar-refractivity contribution is 7.25. The van der Waals surface area contributed by atoms with Crippen molar-refractivity contribution in [2.45, 2.75) is 75.0 Å². The van der Waals surface area contributed by atoms with Crippen molar-refractivity contribution in [2.75, 3.05) is 0 Å². The summed E-state index contributed by atoms with van der Waals surface area (Å²) < 4.78 is 19.3. The fourth-order valence-corrected chi connectivity index (χ4v) is 30.9. The Labute approximate surface area is 767 Å². The van der Waals surface area contributed by atoms with Crippen LogP contribution < -0.4 is 0 Å². The maximum atomic E-state index is 6.76. The van der Waals surface area contributed by atoms with Crippen molar-refractivity contribution in [3.63, 3.8) is 0 Å². The predicted molar refractivity (Wildman–Crippen MR) is 551 cm³/mol. The molecule has 6 heterocycles. The Balaban J connectivity index is 0.000000128. The third kappa shape index (κ3) is 9.97. The van der Waals surface area contributed by atoms with Gasteiger partial charge in [0.25, 0.3) is 0 Å². The van der Waals surface area contributed by atoms with Crippen LogP contribution in [0, 0.1) is 47.3 Å². The van der Waals surface area contributed by atoms with E-state index in [9.17, 15) is 0 Å². The second-order valence-corrected chi connectivity index (χ2v) is 41.6. The highest BCUT2D eigenvalue weighted by Gasteiger charge is 2.63. The minimum absolute atomic E-state index is 0.150. The van der Waals surface area contributed by atoms with E-state index < -0.39 is 0 Å². The number of hydrogen-bond donors (Lipinski definition) is 0. The van der Waals surface area contributed by atoms with Crippen LogP contribution in [-0.2, 0) is 10.8 Å². The fraction of sp³-hybridized carbons (Fsp3) is 0.159. The number of hydrogen-bond acceptors (Lipinski definition) is 2. The standard InChI is InChI=1S/C70H48N2OS.C56H42N2/c1-5-14-58-49(10-1)50-25-20-44(37-59(50)70(58)46-31-40-30-41(33-46)34-47(70)32-40)45-21-26-53-57-39-48(24-29-65(57)73-66(53)38-45)71-60-15-6-2-11-51(60)55-35-42(22-27-62(55)71)43-23-28-63-56(36-43)52-12-3-7-16-61(52)72(63)64-17-9-19-68-69(64)54-13-4-8-18-67(54)74-68;1-2-11-37-31-42(23-20-36(37)10-1)57-50-17-7-4-12-43(50)46-32-38(21-24-52(46)57)39-22-25-53-47(33-39)44-13-5-8-18-51(44)58(53)54-19-9-16-49-55(54)45-14-3-6-15-48(45)56(49)40-27-34-26-35(29-40)30-41(56)28-34/h1-29,35-41,46-47H,30-34H2;1-25,31-35,40-41H,26-30H2. The molecule has 18 aromatic carbocycles. The quantitative estimate of drug-likeness (QED) is 0.157. The molecule has 0 amide bonds. The lowest BCUT2D eigenvalue weighted by atomic mass is 9.43. The normalized spacial score (nSPS) is 21.7. The van der Waals surface area contributed by atoms with Crippen molar-refractivity contribution >= 4 is 151 Å². The number of aromatic nitrogens is 4. The molecule has 6 heteroatoms. The number of nitrogens with zero attached hydrogens (tertiary/aromatic N) is 4. The van der Waals surface area contributed by atoms with Gasteiger partial charge in [-0.25, -0.2) is 0 Å². The average molecular weight is 1710 g/mol. The molecule has 8 bridgehead atoms. The maximum Gasteiger partial charge on any atom is 0.136 e. The molecule has 0 unspecified atom stereocenters. The summed E-state index contributed by atoms with van der Waals surface area (Å²) in [6.07, 6.45) is 14.1. The van der Waals surface area contributed by atoms with Crippen LogP contribution in [0.2, 0.25) is 0 Å². The van der Waals surface area contributed by atoms with E-state index in [1.54, 1.807) is 22.3 Å². The summed E-state index contributed by atoms with van der Waals surface area (Å²) in [5.74, 6) is 6.71. The van der Waals surface area contributed by atoms with E-state index in [4.69, 9.17) is 4.42 Å². The first-order valence-electron chi connectivity index (χ1n) is 48.3. The number of rotatable bonds is 7. The molecular weight excluding hydrogens is 1620 g/mol. The Hall–Kier alpha value is -14.6. The van der Waals surface area contributed by atoms with Gasteiger partial charge in [-0.1, -0.05) is 231 Å². The Morgan fingerprint density at radius 1 is 0.227 bits per heavy atom. The van der Waals surface area contributed by atoms with Gasteiger partial charge in [-0.15, -0.1) is 11.3 Å². The number of fused-ring (bicyclic) bond motifs is 25. The van der Waals surface area contributed by atoms with Gasteiger partial charge in [0.15, 0.2) is 0 Å². The summed E-state index contributed by atoms with van der Waals surface area (Å²) in [6, 6.07) is 143. The molecule has 0 radical (unpaired) electrons. The topological polar surface area (TPSA) is 32.9 Å². The van der Waals surface area contributed by atoms with E-state index in [1.807, 2.05) is 11.3 Å². The molecule has 24 aromatic rings. The molecule has 0 N–H and O–H groups in total. The van der Waals surface area contributed by atoms with Crippen LogP contribution in [0.25, 0.3) is 218 Å². The molecule has 6 aromatic heterocycles. The lowest BCUT2D eigenvalue weighted by Crippen LogP contribution is -2.55. The predicted octanol–water partition coefficient (Wildman–Crippen LogP) is 33.6. The van der Waals surface area contributed by atoms with Gasteiger partial charge in [-0.2, -0.15) is 0 Å². The fourth-order valence-electron chi connectivity index (χ4n) is 29.7. The molecule has 0 aliphatic heterocycles. The van der Waals surface area contributed by atoms with Crippen LogP contribution in [0.1, 0.15) is 86.5 Å². The van der Waals surface area contributed by atoms with Crippen LogP contribution in [0.4, 0.5) is 0 Å². The molecule has 0 atom stereocenters. The van der Waals surface area contributed by atoms with Crippen molar-refractivity contribution in [3.05, 3.63) is 398 Å². The van der Waals surface area contributed by atoms with Gasteiger partial charge in [-0.3, -0.25) is 0 Å². The number of thiophene rings is 1. The monoisotopic (exact) mass is 1710 g/mol. The summed E-state index contributed by atoms with van der Waals surface area (Å²) >= 11 is 1.87. The molecule has 626 valence electrons. The molecule has 0 saturated heterocycles. The molecule has 8 saturated carbocycles. The lowest BCUT2D eigenvalue weighted by molar-refractivity contribution is -0.0399. The van der Waals surface area contributed by atoms with Gasteiger partial charge in [-0.05, 0) is 340 Å². The zero-order valence-corrected chi connectivity index (χ0v) is 73.9. The maximum absolute atomic E-state index is 6.76. The first-order valence-corrected chi connectivity index (χ1v) is 49.1. The third-order valence-electron chi connectivity index (χ3n) is 34.4. The van der Waals surface area contributed by atoms with Crippen LogP contribution in [-0.4, -0.2) is 18.3 Å². The second-order valence-electron chi connectivity index (χ2n) is 40.5. The van der Waals surface area contributed by atoms with Crippen molar-refractivity contribution in [1.82, 2.24) is 18.3 Å². The van der Waals surface area contributed by atoms with Crippen molar-refractivity contribution < 1.29 is 4.42 Å². The third-order valence-corrected chi connectivity index (χ3v) is 35.5. The van der Waals surface area contributed by atoms with Crippen LogP contribution in [0.15, 0.2) is 381 Å². The summed E-state index contributed by atoms with van der Waals surface area (Å²) in [6.45, 7) is 0. The van der Waals surface area contributed by atoms with Gasteiger partial charge in [0.1, 0.15) is 11.2 Å². The second kappa shape index (κ2) is 27.1. The molecule has 34 rings (SSSR count). The van der Waals surface area contributed by atoms with Crippen molar-refractivity contribution in [2.24, 2.45) is 47.3 Å². The Kier molecular flexibility index (Phi) is 15.0. The SMILES string of the molecule is c1ccc2c(c1)-c1c(-n3c4ccccc4c4cc(-c5ccc6c(c5)c5ccccc5n6-c5ccc6ccccc6c5)ccc43)cccc1C21C2CC3CC(C2)CC1C3.c1ccc2c(c1)-c1ccc(-c3ccc4c(c3)oc3ccc(-n5c6ccccc6c6cc(-c7ccc8c(c7)c7ccccc7n8-c7cccc8sc9ccccc9c78)ccc65)cc34)cc1C21C2CC3CC(C2)CC1C3. The zero-order valence-electron chi connectivity index (χ0n) is 73.1. The van der Waals surface area contributed by atoms with Gasteiger partial charge < -0.3 is 22.7 Å². The van der Waals surface area contributed by atoms with E-state index in [0.717, 1.165) is 75.0 Å². The Morgan fingerprint density at radius 2 is 0.629 bits per heavy atom.